The van der Waals surface area contributed by atoms with Crippen LogP contribution in [-0.2, 0) is 27.7 Å². The normalized spacial score (nSPS) is 13.5. The van der Waals surface area contributed by atoms with Crippen LogP contribution in [0.2, 0.25) is 0 Å². The van der Waals surface area contributed by atoms with Crippen LogP contribution >= 0.6 is 15.9 Å². The molecule has 5 nitrogen and oxygen atoms in total. The Kier molecular flexibility index (Phi) is 6.43. The van der Waals surface area contributed by atoms with E-state index in [1.165, 1.54) is 4.31 Å². The highest BCUT2D eigenvalue weighted by atomic mass is 79.9. The lowest BCUT2D eigenvalue weighted by Crippen LogP contribution is -2.35. The molecule has 0 aliphatic carbocycles. The molecule has 0 unspecified atom stereocenters. The lowest BCUT2D eigenvalue weighted by atomic mass is 10.0. The Labute approximate surface area is 191 Å². The van der Waals surface area contributed by atoms with Gasteiger partial charge in [0.05, 0.1) is 10.6 Å². The number of hydrogen-bond donors (Lipinski definition) is 1. The van der Waals surface area contributed by atoms with Crippen LogP contribution in [0.4, 0.5) is 11.4 Å². The third-order valence-electron chi connectivity index (χ3n) is 5.33. The fraction of sp³-hybridized carbons (Fsp3) is 0.208. The van der Waals surface area contributed by atoms with Gasteiger partial charge in [0.15, 0.2) is 0 Å². The molecular formula is C24H23BrN2O3S. The van der Waals surface area contributed by atoms with Gasteiger partial charge in [0.1, 0.15) is 0 Å². The molecule has 7 heteroatoms. The first kappa shape index (κ1) is 21.6. The summed E-state index contributed by atoms with van der Waals surface area (Å²) < 4.78 is 28.8. The summed E-state index contributed by atoms with van der Waals surface area (Å²) >= 11 is 3.38. The maximum atomic E-state index is 13.2. The predicted octanol–water partition coefficient (Wildman–Crippen LogP) is 5.16. The number of benzene rings is 3. The van der Waals surface area contributed by atoms with Gasteiger partial charge in [0.2, 0.25) is 5.91 Å². The number of carbonyl (C=O) groups is 1. The molecule has 4 rings (SSSR count). The van der Waals surface area contributed by atoms with Crippen LogP contribution in [0.1, 0.15) is 24.0 Å². The third-order valence-corrected chi connectivity index (χ3v) is 7.65. The summed E-state index contributed by atoms with van der Waals surface area (Å²) in [4.78, 5) is 12.5. The summed E-state index contributed by atoms with van der Waals surface area (Å²) in [6.07, 6.45) is 2.55. The van der Waals surface area contributed by atoms with Gasteiger partial charge < -0.3 is 5.32 Å². The van der Waals surface area contributed by atoms with Crippen LogP contribution in [0.5, 0.6) is 0 Å². The van der Waals surface area contributed by atoms with Crippen molar-refractivity contribution < 1.29 is 13.2 Å². The summed E-state index contributed by atoms with van der Waals surface area (Å²) in [5.74, 6) is -0.0836. The molecule has 3 aromatic rings. The Morgan fingerprint density at radius 1 is 1.00 bits per heavy atom. The Balaban J connectivity index is 1.42. The second-order valence-corrected chi connectivity index (χ2v) is 10.3. The van der Waals surface area contributed by atoms with Gasteiger partial charge in [-0.3, -0.25) is 9.10 Å². The van der Waals surface area contributed by atoms with Gasteiger partial charge in [-0.15, -0.1) is 0 Å². The second-order valence-electron chi connectivity index (χ2n) is 7.51. The van der Waals surface area contributed by atoms with E-state index >= 15 is 0 Å². The molecule has 1 N–H and O–H groups in total. The van der Waals surface area contributed by atoms with Crippen molar-refractivity contribution in [3.8, 4) is 0 Å². The van der Waals surface area contributed by atoms with Gasteiger partial charge in [-0.2, -0.15) is 0 Å². The van der Waals surface area contributed by atoms with Crippen molar-refractivity contribution in [3.05, 3.63) is 88.4 Å². The van der Waals surface area contributed by atoms with Crippen molar-refractivity contribution >= 4 is 43.2 Å². The number of aryl methyl sites for hydroxylation is 2. The first-order valence-electron chi connectivity index (χ1n) is 10.2. The molecule has 0 saturated heterocycles. The lowest BCUT2D eigenvalue weighted by Gasteiger charge is -2.30. The fourth-order valence-electron chi connectivity index (χ4n) is 3.75. The van der Waals surface area contributed by atoms with Crippen molar-refractivity contribution in [2.45, 2.75) is 30.6 Å². The number of nitrogens with zero attached hydrogens (tertiary/aromatic N) is 1. The molecule has 1 aliphatic rings. The molecule has 0 saturated carbocycles. The zero-order valence-electron chi connectivity index (χ0n) is 16.9. The molecule has 3 aromatic carbocycles. The maximum absolute atomic E-state index is 13.2. The Hall–Kier alpha value is -2.64. The highest BCUT2D eigenvalue weighted by molar-refractivity contribution is 9.10. The standard InChI is InChI=1S/C24H23BrN2O3S/c25-20-7-3-8-21(17-20)26-24(28)15-12-18-10-13-22(14-11-18)31(29,30)27-16-4-6-19-5-1-2-9-23(19)27/h1-3,5,7-11,13-14,17H,4,6,12,15-16H2,(H,26,28). The Bertz CT molecular complexity index is 1190. The van der Waals surface area contributed by atoms with Crippen molar-refractivity contribution in [1.29, 1.82) is 0 Å². The van der Waals surface area contributed by atoms with E-state index in [2.05, 4.69) is 21.2 Å². The summed E-state index contributed by atoms with van der Waals surface area (Å²) in [5.41, 5.74) is 3.48. The molecule has 0 radical (unpaired) electrons. The van der Waals surface area contributed by atoms with E-state index < -0.39 is 10.0 Å². The van der Waals surface area contributed by atoms with Crippen LogP contribution in [0.3, 0.4) is 0 Å². The first-order chi connectivity index (χ1) is 14.9. The van der Waals surface area contributed by atoms with E-state index in [9.17, 15) is 13.2 Å². The number of hydrogen-bond acceptors (Lipinski definition) is 3. The van der Waals surface area contributed by atoms with Crippen molar-refractivity contribution in [2.75, 3.05) is 16.2 Å². The summed E-state index contributed by atoms with van der Waals surface area (Å²) in [5, 5.41) is 2.87. The monoisotopic (exact) mass is 498 g/mol. The number of halogens is 1. The minimum Gasteiger partial charge on any atom is -0.326 e. The molecule has 1 heterocycles. The molecule has 1 aliphatic heterocycles. The third kappa shape index (κ3) is 4.99. The number of amides is 1. The maximum Gasteiger partial charge on any atom is 0.264 e. The largest absolute Gasteiger partial charge is 0.326 e. The summed E-state index contributed by atoms with van der Waals surface area (Å²) in [6, 6.07) is 21.9. The average Bonchev–Trinajstić information content (AvgIpc) is 2.77. The zero-order valence-corrected chi connectivity index (χ0v) is 19.3. The molecule has 160 valence electrons. The van der Waals surface area contributed by atoms with Gasteiger partial charge >= 0.3 is 0 Å². The average molecular weight is 499 g/mol. The van der Waals surface area contributed by atoms with E-state index in [1.54, 1.807) is 24.3 Å². The van der Waals surface area contributed by atoms with Crippen molar-refractivity contribution in [2.24, 2.45) is 0 Å². The summed E-state index contributed by atoms with van der Waals surface area (Å²) in [6.45, 7) is 0.483. The van der Waals surface area contributed by atoms with E-state index in [-0.39, 0.29) is 10.8 Å². The molecule has 1 amide bonds. The smallest absolute Gasteiger partial charge is 0.264 e. The molecule has 31 heavy (non-hydrogen) atoms. The molecule has 0 atom stereocenters. The molecule has 0 fully saturated rings. The number of rotatable bonds is 6. The van der Waals surface area contributed by atoms with Gasteiger partial charge in [0, 0.05) is 23.1 Å². The highest BCUT2D eigenvalue weighted by Crippen LogP contribution is 2.31. The van der Waals surface area contributed by atoms with E-state index in [4.69, 9.17) is 0 Å². The molecular weight excluding hydrogens is 476 g/mol. The molecule has 0 aromatic heterocycles. The minimum absolute atomic E-state index is 0.0836. The lowest BCUT2D eigenvalue weighted by molar-refractivity contribution is -0.116. The number of para-hydroxylation sites is 1. The van der Waals surface area contributed by atoms with E-state index in [0.29, 0.717) is 19.4 Å². The fourth-order valence-corrected chi connectivity index (χ4v) is 5.69. The van der Waals surface area contributed by atoms with E-state index in [1.807, 2.05) is 48.5 Å². The van der Waals surface area contributed by atoms with Gasteiger partial charge in [-0.25, -0.2) is 8.42 Å². The SMILES string of the molecule is O=C(CCc1ccc(S(=O)(=O)N2CCCc3ccccc32)cc1)Nc1cccc(Br)c1. The van der Waals surface area contributed by atoms with Crippen LogP contribution in [0.25, 0.3) is 0 Å². The van der Waals surface area contributed by atoms with Crippen LogP contribution in [0, 0.1) is 0 Å². The Morgan fingerprint density at radius 3 is 2.55 bits per heavy atom. The number of fused-ring (bicyclic) bond motifs is 1. The number of nitrogens with one attached hydrogen (secondary N) is 1. The number of sulfonamides is 1. The van der Waals surface area contributed by atoms with Crippen molar-refractivity contribution in [3.63, 3.8) is 0 Å². The highest BCUT2D eigenvalue weighted by Gasteiger charge is 2.28. The van der Waals surface area contributed by atoms with Crippen molar-refractivity contribution in [1.82, 2.24) is 0 Å². The number of anilines is 2. The van der Waals surface area contributed by atoms with E-state index in [0.717, 1.165) is 39.8 Å². The first-order valence-corrected chi connectivity index (χ1v) is 12.4. The van der Waals surface area contributed by atoms with Crippen LogP contribution in [0.15, 0.2) is 82.2 Å². The van der Waals surface area contributed by atoms with Gasteiger partial charge in [-0.1, -0.05) is 52.3 Å². The molecule has 0 bridgehead atoms. The van der Waals surface area contributed by atoms with Crippen LogP contribution in [-0.4, -0.2) is 20.9 Å². The zero-order chi connectivity index (χ0) is 21.8. The summed E-state index contributed by atoms with van der Waals surface area (Å²) in [7, 11) is -3.62. The quantitative estimate of drug-likeness (QED) is 0.510. The van der Waals surface area contributed by atoms with Gasteiger partial charge in [-0.05, 0) is 66.8 Å². The minimum atomic E-state index is -3.62. The predicted molar refractivity (Wildman–Crippen MR) is 127 cm³/mol. The second kappa shape index (κ2) is 9.24. The molecule has 0 spiro atoms. The van der Waals surface area contributed by atoms with Gasteiger partial charge in [0.25, 0.3) is 10.0 Å². The Morgan fingerprint density at radius 2 is 1.77 bits per heavy atom. The topological polar surface area (TPSA) is 66.5 Å². The number of carbonyl (C=O) groups excluding carboxylic acids is 1. The van der Waals surface area contributed by atoms with Crippen LogP contribution < -0.4 is 9.62 Å².